The third-order valence-electron chi connectivity index (χ3n) is 0.812. The predicted molar refractivity (Wildman–Crippen MR) is 37.2 cm³/mol. The molecule has 0 saturated heterocycles. The van der Waals surface area contributed by atoms with Gasteiger partial charge in [-0.05, 0) is 6.42 Å². The molecule has 1 amide bonds. The summed E-state index contributed by atoms with van der Waals surface area (Å²) in [4.78, 5) is 20.5. The van der Waals surface area contributed by atoms with E-state index in [0.29, 0.717) is 6.42 Å². The van der Waals surface area contributed by atoms with Crippen LogP contribution in [0.5, 0.6) is 0 Å². The van der Waals surface area contributed by atoms with Crippen LogP contribution in [0.15, 0.2) is 0 Å². The minimum atomic E-state index is -0.837. The average Bonchev–Trinajstić information content (AvgIpc) is 1.82. The van der Waals surface area contributed by atoms with Gasteiger partial charge in [0.2, 0.25) is 5.78 Å². The van der Waals surface area contributed by atoms with Gasteiger partial charge in [-0.15, -0.1) is 0 Å². The van der Waals surface area contributed by atoms with Crippen LogP contribution in [0, 0.1) is 0 Å². The Balaban J connectivity index is 3.39. The Morgan fingerprint density at radius 3 is 2.33 bits per heavy atom. The summed E-state index contributed by atoms with van der Waals surface area (Å²) in [5, 5.41) is 0.728. The minimum absolute atomic E-state index is 0.251. The van der Waals surface area contributed by atoms with Gasteiger partial charge in [0, 0.05) is 11.8 Å². The maximum absolute atomic E-state index is 10.4. The lowest BCUT2D eigenvalue weighted by atomic mass is 10.2. The van der Waals surface area contributed by atoms with E-state index in [4.69, 9.17) is 0 Å². The van der Waals surface area contributed by atoms with E-state index in [0.717, 1.165) is 5.33 Å². The summed E-state index contributed by atoms with van der Waals surface area (Å²) in [6.45, 7) is 0. The second-order valence-electron chi connectivity index (χ2n) is 1.58. The van der Waals surface area contributed by atoms with Gasteiger partial charge in [0.05, 0.1) is 0 Å². The largest absolute Gasteiger partial charge is 0.363 e. The van der Waals surface area contributed by atoms with Gasteiger partial charge >= 0.3 is 0 Å². The first kappa shape index (κ1) is 8.62. The van der Waals surface area contributed by atoms with Crippen LogP contribution in [0.1, 0.15) is 12.8 Å². The first-order chi connectivity index (χ1) is 4.18. The molecule has 0 aromatic rings. The van der Waals surface area contributed by atoms with Gasteiger partial charge in [0.1, 0.15) is 0 Å². The smallest absolute Gasteiger partial charge is 0.284 e. The number of hydrogen-bond donors (Lipinski definition) is 1. The van der Waals surface area contributed by atoms with Crippen molar-refractivity contribution in [3.63, 3.8) is 0 Å². The van der Waals surface area contributed by atoms with Gasteiger partial charge in [-0.25, -0.2) is 0 Å². The molecule has 0 aromatic heterocycles. The molecule has 0 atom stereocenters. The van der Waals surface area contributed by atoms with Crippen LogP contribution in [-0.2, 0) is 9.59 Å². The van der Waals surface area contributed by atoms with E-state index >= 15 is 0 Å². The van der Waals surface area contributed by atoms with Crippen molar-refractivity contribution in [2.75, 3.05) is 5.33 Å². The third kappa shape index (κ3) is 4.14. The van der Waals surface area contributed by atoms with Crippen molar-refractivity contribution in [3.05, 3.63) is 0 Å². The molecule has 0 aliphatic carbocycles. The molecular formula is C5H8BrNO2. The zero-order valence-corrected chi connectivity index (χ0v) is 6.48. The number of primary amides is 1. The van der Waals surface area contributed by atoms with E-state index in [2.05, 4.69) is 21.7 Å². The molecule has 0 spiro atoms. The Labute approximate surface area is 61.7 Å². The molecule has 0 aliphatic rings. The van der Waals surface area contributed by atoms with Crippen LogP contribution >= 0.6 is 15.9 Å². The fourth-order valence-electron chi connectivity index (χ4n) is 0.351. The lowest BCUT2D eigenvalue weighted by molar-refractivity contribution is -0.135. The van der Waals surface area contributed by atoms with Crippen molar-refractivity contribution in [2.45, 2.75) is 12.8 Å². The molecule has 0 heterocycles. The van der Waals surface area contributed by atoms with Crippen molar-refractivity contribution in [2.24, 2.45) is 5.73 Å². The summed E-state index contributed by atoms with van der Waals surface area (Å²) in [6.07, 6.45) is 0.919. The van der Waals surface area contributed by atoms with Gasteiger partial charge in [-0.1, -0.05) is 15.9 Å². The zero-order valence-electron chi connectivity index (χ0n) is 4.89. The molecule has 0 saturated carbocycles. The van der Waals surface area contributed by atoms with Crippen LogP contribution in [-0.4, -0.2) is 17.0 Å². The summed E-state index contributed by atoms with van der Waals surface area (Å²) in [6, 6.07) is 0. The third-order valence-corrected chi connectivity index (χ3v) is 1.37. The van der Waals surface area contributed by atoms with E-state index in [1.807, 2.05) is 0 Å². The number of nitrogens with two attached hydrogens (primary N) is 1. The number of ketones is 1. The van der Waals surface area contributed by atoms with Gasteiger partial charge in [-0.3, -0.25) is 9.59 Å². The van der Waals surface area contributed by atoms with Crippen molar-refractivity contribution < 1.29 is 9.59 Å². The van der Waals surface area contributed by atoms with Crippen LogP contribution in [0.4, 0.5) is 0 Å². The molecule has 0 aromatic carbocycles. The Bertz CT molecular complexity index is 124. The molecule has 9 heavy (non-hydrogen) atoms. The van der Waals surface area contributed by atoms with Crippen molar-refractivity contribution >= 4 is 27.6 Å². The van der Waals surface area contributed by atoms with E-state index in [1.54, 1.807) is 0 Å². The van der Waals surface area contributed by atoms with Crippen LogP contribution in [0.25, 0.3) is 0 Å². The molecule has 52 valence electrons. The minimum Gasteiger partial charge on any atom is -0.363 e. The van der Waals surface area contributed by atoms with Crippen molar-refractivity contribution in [1.29, 1.82) is 0 Å². The number of hydrogen-bond acceptors (Lipinski definition) is 2. The number of carbonyl (C=O) groups is 2. The fourth-order valence-corrected chi connectivity index (χ4v) is 0.631. The second-order valence-corrected chi connectivity index (χ2v) is 2.37. The molecule has 2 N–H and O–H groups in total. The van der Waals surface area contributed by atoms with Crippen LogP contribution < -0.4 is 5.73 Å². The second kappa shape index (κ2) is 4.49. The molecule has 0 unspecified atom stereocenters. The maximum Gasteiger partial charge on any atom is 0.284 e. The first-order valence-electron chi connectivity index (χ1n) is 2.57. The number of alkyl halides is 1. The molecule has 3 nitrogen and oxygen atoms in total. The Morgan fingerprint density at radius 1 is 1.44 bits per heavy atom. The molecule has 4 heteroatoms. The van der Waals surface area contributed by atoms with Crippen LogP contribution in [0.3, 0.4) is 0 Å². The fraction of sp³-hybridized carbons (Fsp3) is 0.600. The lowest BCUT2D eigenvalue weighted by Crippen LogP contribution is -2.22. The number of rotatable bonds is 4. The van der Waals surface area contributed by atoms with Crippen molar-refractivity contribution in [1.82, 2.24) is 0 Å². The topological polar surface area (TPSA) is 60.2 Å². The Hall–Kier alpha value is -0.380. The summed E-state index contributed by atoms with van der Waals surface area (Å²) < 4.78 is 0. The number of carbonyl (C=O) groups excluding carboxylic acids is 2. The van der Waals surface area contributed by atoms with E-state index < -0.39 is 11.7 Å². The van der Waals surface area contributed by atoms with Gasteiger partial charge in [0.15, 0.2) is 0 Å². The number of Topliss-reactive ketones (excluding diaryl/α,β-unsaturated/α-hetero) is 1. The summed E-state index contributed by atoms with van der Waals surface area (Å²) >= 11 is 3.12. The van der Waals surface area contributed by atoms with Gasteiger partial charge in [-0.2, -0.15) is 0 Å². The molecule has 0 bridgehead atoms. The Kier molecular flexibility index (Phi) is 4.30. The number of amides is 1. The standard InChI is InChI=1S/C5H8BrNO2/c6-3-1-2-4(8)5(7)9/h1-3H2,(H2,7,9). The van der Waals surface area contributed by atoms with E-state index in [9.17, 15) is 9.59 Å². The highest BCUT2D eigenvalue weighted by atomic mass is 79.9. The van der Waals surface area contributed by atoms with Gasteiger partial charge in [0.25, 0.3) is 5.91 Å². The van der Waals surface area contributed by atoms with E-state index in [-0.39, 0.29) is 6.42 Å². The highest BCUT2D eigenvalue weighted by Crippen LogP contribution is 1.93. The molecule has 0 rings (SSSR count). The Morgan fingerprint density at radius 2 is 2.00 bits per heavy atom. The highest BCUT2D eigenvalue weighted by molar-refractivity contribution is 9.09. The first-order valence-corrected chi connectivity index (χ1v) is 3.69. The van der Waals surface area contributed by atoms with E-state index in [1.165, 1.54) is 0 Å². The maximum atomic E-state index is 10.4. The molecule has 0 fully saturated rings. The normalized spacial score (nSPS) is 9.00. The average molecular weight is 194 g/mol. The molecule has 0 radical (unpaired) electrons. The van der Waals surface area contributed by atoms with Crippen molar-refractivity contribution in [3.8, 4) is 0 Å². The summed E-state index contributed by atoms with van der Waals surface area (Å²) in [5.74, 6) is -1.33. The summed E-state index contributed by atoms with van der Waals surface area (Å²) in [5.41, 5.74) is 4.67. The monoisotopic (exact) mass is 193 g/mol. The zero-order chi connectivity index (χ0) is 7.28. The van der Waals surface area contributed by atoms with Crippen LogP contribution in [0.2, 0.25) is 0 Å². The van der Waals surface area contributed by atoms with Gasteiger partial charge < -0.3 is 5.73 Å². The summed E-state index contributed by atoms with van der Waals surface area (Å²) in [7, 11) is 0. The lowest BCUT2D eigenvalue weighted by Gasteiger charge is -1.89. The molecule has 0 aliphatic heterocycles. The SMILES string of the molecule is NC(=O)C(=O)CCCBr. The quantitative estimate of drug-likeness (QED) is 0.513. The predicted octanol–water partition coefficient (Wildman–Crippen LogP) is 0.216. The number of halogens is 1. The highest BCUT2D eigenvalue weighted by Gasteiger charge is 2.06. The molecular weight excluding hydrogens is 186 g/mol.